The van der Waals surface area contributed by atoms with E-state index in [1.807, 2.05) is 25.1 Å². The van der Waals surface area contributed by atoms with Crippen LogP contribution < -0.4 is 10.6 Å². The van der Waals surface area contributed by atoms with E-state index in [0.717, 1.165) is 0 Å². The van der Waals surface area contributed by atoms with E-state index in [2.05, 4.69) is 41.9 Å². The maximum absolute atomic E-state index is 12.5. The first-order chi connectivity index (χ1) is 12.1. The number of hydrogen-bond acceptors (Lipinski definition) is 4. The molecule has 0 aliphatic rings. The van der Waals surface area contributed by atoms with Crippen molar-refractivity contribution < 1.29 is 9.59 Å². The summed E-state index contributed by atoms with van der Waals surface area (Å²) < 4.78 is 2.11. The number of aromatic nitrogens is 4. The molecule has 2 heterocycles. The van der Waals surface area contributed by atoms with E-state index in [9.17, 15) is 9.59 Å². The standard InChI is InChI=1S/C16H15BrN6O2/c1-2-23-9-12(20-15(24)13-11(17)8-18-21-13)14(22-23)16(25)19-10-6-4-3-5-7-10/h3-9H,2H2,1H3,(H,18,21)(H,19,25)(H,20,24). The van der Waals surface area contributed by atoms with E-state index in [-0.39, 0.29) is 11.4 Å². The van der Waals surface area contributed by atoms with Gasteiger partial charge in [-0.3, -0.25) is 19.4 Å². The molecule has 0 saturated heterocycles. The number of nitrogens with one attached hydrogen (secondary N) is 3. The average Bonchev–Trinajstić information content (AvgIpc) is 3.21. The second-order valence-electron chi connectivity index (χ2n) is 5.11. The predicted octanol–water partition coefficient (Wildman–Crippen LogP) is 2.89. The largest absolute Gasteiger partial charge is 0.321 e. The minimum absolute atomic E-state index is 0.134. The molecule has 0 spiro atoms. The Bertz CT molecular complexity index is 903. The number of H-pyrrole nitrogens is 1. The van der Waals surface area contributed by atoms with Gasteiger partial charge < -0.3 is 10.6 Å². The zero-order valence-corrected chi connectivity index (χ0v) is 14.9. The summed E-state index contributed by atoms with van der Waals surface area (Å²) in [4.78, 5) is 24.9. The molecule has 2 aromatic heterocycles. The van der Waals surface area contributed by atoms with Crippen LogP contribution in [0.2, 0.25) is 0 Å². The number of carbonyl (C=O) groups is 2. The number of anilines is 2. The molecular weight excluding hydrogens is 388 g/mol. The highest BCUT2D eigenvalue weighted by atomic mass is 79.9. The van der Waals surface area contributed by atoms with Gasteiger partial charge in [0.15, 0.2) is 5.69 Å². The Morgan fingerprint density at radius 2 is 1.96 bits per heavy atom. The molecule has 3 rings (SSSR count). The molecule has 0 aliphatic heterocycles. The van der Waals surface area contributed by atoms with Gasteiger partial charge in [-0.15, -0.1) is 0 Å². The number of rotatable bonds is 5. The van der Waals surface area contributed by atoms with E-state index in [0.29, 0.717) is 22.4 Å². The summed E-state index contributed by atoms with van der Waals surface area (Å²) in [5, 5.41) is 16.1. The normalized spacial score (nSPS) is 10.5. The first kappa shape index (κ1) is 16.9. The van der Waals surface area contributed by atoms with E-state index < -0.39 is 11.8 Å². The smallest absolute Gasteiger partial charge is 0.278 e. The molecule has 1 aromatic carbocycles. The Balaban J connectivity index is 1.84. The lowest BCUT2D eigenvalue weighted by molar-refractivity contribution is 0.102. The van der Waals surface area contributed by atoms with Gasteiger partial charge in [-0.2, -0.15) is 10.2 Å². The Labute approximate surface area is 151 Å². The fourth-order valence-electron chi connectivity index (χ4n) is 2.17. The van der Waals surface area contributed by atoms with Gasteiger partial charge in [0, 0.05) is 18.4 Å². The van der Waals surface area contributed by atoms with Gasteiger partial charge >= 0.3 is 0 Å². The summed E-state index contributed by atoms with van der Waals surface area (Å²) in [5.74, 6) is -0.828. The van der Waals surface area contributed by atoms with Crippen LogP contribution in [0.4, 0.5) is 11.4 Å². The van der Waals surface area contributed by atoms with E-state index >= 15 is 0 Å². The number of nitrogens with zero attached hydrogens (tertiary/aromatic N) is 3. The van der Waals surface area contributed by atoms with E-state index in [1.165, 1.54) is 6.20 Å². The highest BCUT2D eigenvalue weighted by molar-refractivity contribution is 9.10. The fourth-order valence-corrected chi connectivity index (χ4v) is 2.54. The highest BCUT2D eigenvalue weighted by Crippen LogP contribution is 2.19. The quantitative estimate of drug-likeness (QED) is 0.609. The number of benzene rings is 1. The lowest BCUT2D eigenvalue weighted by Crippen LogP contribution is -2.18. The van der Waals surface area contributed by atoms with Crippen LogP contribution in [0.25, 0.3) is 0 Å². The molecule has 128 valence electrons. The van der Waals surface area contributed by atoms with Crippen molar-refractivity contribution in [1.82, 2.24) is 20.0 Å². The molecule has 0 saturated carbocycles. The molecule has 0 fully saturated rings. The maximum Gasteiger partial charge on any atom is 0.278 e. The molecule has 0 radical (unpaired) electrons. The van der Waals surface area contributed by atoms with Crippen molar-refractivity contribution in [3.63, 3.8) is 0 Å². The van der Waals surface area contributed by atoms with Crippen molar-refractivity contribution in [3.05, 3.63) is 58.6 Å². The molecule has 0 atom stereocenters. The van der Waals surface area contributed by atoms with Gasteiger partial charge in [0.25, 0.3) is 11.8 Å². The van der Waals surface area contributed by atoms with E-state index in [4.69, 9.17) is 0 Å². The Morgan fingerprint density at radius 3 is 2.60 bits per heavy atom. The third kappa shape index (κ3) is 3.77. The van der Waals surface area contributed by atoms with Crippen molar-refractivity contribution in [3.8, 4) is 0 Å². The van der Waals surface area contributed by atoms with Gasteiger partial charge in [0.2, 0.25) is 0 Å². The summed E-state index contributed by atoms with van der Waals surface area (Å²) in [6.07, 6.45) is 3.09. The van der Waals surface area contributed by atoms with Crippen LogP contribution >= 0.6 is 15.9 Å². The molecule has 25 heavy (non-hydrogen) atoms. The third-order valence-electron chi connectivity index (χ3n) is 3.40. The lowest BCUT2D eigenvalue weighted by Gasteiger charge is -2.06. The lowest BCUT2D eigenvalue weighted by atomic mass is 10.3. The minimum Gasteiger partial charge on any atom is -0.321 e. The van der Waals surface area contributed by atoms with Crippen molar-refractivity contribution in [2.75, 3.05) is 10.6 Å². The summed E-state index contributed by atoms with van der Waals surface area (Å²) in [6.45, 7) is 2.46. The molecule has 8 nitrogen and oxygen atoms in total. The van der Waals surface area contributed by atoms with Crippen LogP contribution in [-0.4, -0.2) is 31.8 Å². The summed E-state index contributed by atoms with van der Waals surface area (Å²) in [6, 6.07) is 9.04. The third-order valence-corrected chi connectivity index (χ3v) is 4.00. The SMILES string of the molecule is CCn1cc(NC(=O)c2[nH]ncc2Br)c(C(=O)Nc2ccccc2)n1. The topological polar surface area (TPSA) is 105 Å². The van der Waals surface area contributed by atoms with Crippen molar-refractivity contribution in [2.45, 2.75) is 13.5 Å². The number of hydrogen-bond donors (Lipinski definition) is 3. The zero-order valence-electron chi connectivity index (χ0n) is 13.3. The molecular formula is C16H15BrN6O2. The molecule has 3 aromatic rings. The average molecular weight is 403 g/mol. The van der Waals surface area contributed by atoms with Crippen molar-refractivity contribution in [1.29, 1.82) is 0 Å². The summed E-state index contributed by atoms with van der Waals surface area (Å²) in [7, 11) is 0. The van der Waals surface area contributed by atoms with Crippen LogP contribution in [0.1, 0.15) is 27.9 Å². The number of aryl methyl sites for hydroxylation is 1. The fraction of sp³-hybridized carbons (Fsp3) is 0.125. The second kappa shape index (κ2) is 7.31. The Kier molecular flexibility index (Phi) is 4.94. The minimum atomic E-state index is -0.422. The maximum atomic E-state index is 12.5. The van der Waals surface area contributed by atoms with Gasteiger partial charge in [-0.25, -0.2) is 0 Å². The van der Waals surface area contributed by atoms with Gasteiger partial charge in [-0.05, 0) is 35.0 Å². The summed E-state index contributed by atoms with van der Waals surface area (Å²) >= 11 is 3.24. The van der Waals surface area contributed by atoms with Crippen LogP contribution in [0.15, 0.2) is 47.2 Å². The van der Waals surface area contributed by atoms with Gasteiger partial charge in [0.1, 0.15) is 5.69 Å². The van der Waals surface area contributed by atoms with Crippen LogP contribution in [0, 0.1) is 0 Å². The highest BCUT2D eigenvalue weighted by Gasteiger charge is 2.21. The van der Waals surface area contributed by atoms with Crippen molar-refractivity contribution >= 4 is 39.1 Å². The summed E-state index contributed by atoms with van der Waals surface area (Å²) in [5.41, 5.74) is 1.36. The Morgan fingerprint density at radius 1 is 1.20 bits per heavy atom. The molecule has 9 heteroatoms. The number of para-hydroxylation sites is 1. The van der Waals surface area contributed by atoms with Gasteiger partial charge in [0.05, 0.1) is 16.4 Å². The van der Waals surface area contributed by atoms with Crippen LogP contribution in [0.3, 0.4) is 0 Å². The molecule has 0 aliphatic carbocycles. The van der Waals surface area contributed by atoms with Crippen LogP contribution in [0.5, 0.6) is 0 Å². The Hall–Kier alpha value is -2.94. The first-order valence-corrected chi connectivity index (χ1v) is 8.32. The molecule has 3 N–H and O–H groups in total. The predicted molar refractivity (Wildman–Crippen MR) is 96.5 cm³/mol. The van der Waals surface area contributed by atoms with Crippen LogP contribution in [-0.2, 0) is 6.54 Å². The number of halogens is 1. The first-order valence-electron chi connectivity index (χ1n) is 7.52. The second-order valence-corrected chi connectivity index (χ2v) is 5.97. The molecule has 2 amide bonds. The number of aromatic amines is 1. The number of carbonyl (C=O) groups excluding carboxylic acids is 2. The van der Waals surface area contributed by atoms with E-state index in [1.54, 1.807) is 23.0 Å². The molecule has 0 bridgehead atoms. The van der Waals surface area contributed by atoms with Crippen molar-refractivity contribution in [2.24, 2.45) is 0 Å². The van der Waals surface area contributed by atoms with Gasteiger partial charge in [-0.1, -0.05) is 18.2 Å². The number of amides is 2. The zero-order chi connectivity index (χ0) is 17.8. The molecule has 0 unspecified atom stereocenters. The monoisotopic (exact) mass is 402 g/mol.